The van der Waals surface area contributed by atoms with Crippen molar-refractivity contribution >= 4 is 35.3 Å². The summed E-state index contributed by atoms with van der Waals surface area (Å²) in [5.74, 6) is -3.01. The molecule has 0 N–H and O–H groups in total. The van der Waals surface area contributed by atoms with Crippen molar-refractivity contribution in [2.45, 2.75) is 33.6 Å². The molecule has 0 aliphatic carbocycles. The van der Waals surface area contributed by atoms with E-state index in [2.05, 4.69) is 0 Å². The third-order valence-corrected chi connectivity index (χ3v) is 3.69. The molecule has 0 unspecified atom stereocenters. The summed E-state index contributed by atoms with van der Waals surface area (Å²) in [5.41, 5.74) is 0.358. The molecule has 2 rings (SSSR count). The number of allylic oxidation sites excluding steroid dienone is 2. The number of halogens is 2. The summed E-state index contributed by atoms with van der Waals surface area (Å²) in [7, 11) is 0. The minimum absolute atomic E-state index is 0.128. The lowest BCUT2D eigenvalue weighted by Gasteiger charge is -2.14. The first-order valence-electron chi connectivity index (χ1n) is 7.87. The highest BCUT2D eigenvalue weighted by molar-refractivity contribution is 6.36. The lowest BCUT2D eigenvalue weighted by Crippen LogP contribution is -2.28. The topological polar surface area (TPSA) is 72.9 Å². The molecule has 2 amide bonds. The van der Waals surface area contributed by atoms with Gasteiger partial charge in [0.1, 0.15) is 0 Å². The third kappa shape index (κ3) is 4.11. The Kier molecular flexibility index (Phi) is 6.15. The highest BCUT2D eigenvalue weighted by atomic mass is 35.5. The Hall–Kier alpha value is -2.67. The van der Waals surface area contributed by atoms with Gasteiger partial charge in [0.15, 0.2) is 17.3 Å². The number of amides is 2. The molecule has 0 radical (unpaired) electrons. The van der Waals surface area contributed by atoms with Crippen molar-refractivity contribution < 1.29 is 28.2 Å². The van der Waals surface area contributed by atoms with Crippen LogP contribution in [0.15, 0.2) is 35.6 Å². The summed E-state index contributed by atoms with van der Waals surface area (Å²) in [6, 6.07) is 1.87. The first-order chi connectivity index (χ1) is 12.3. The normalized spacial score (nSPS) is 14.2. The van der Waals surface area contributed by atoms with E-state index in [9.17, 15) is 18.8 Å². The first kappa shape index (κ1) is 19.7. The van der Waals surface area contributed by atoms with Crippen molar-refractivity contribution in [3.05, 3.63) is 46.5 Å². The number of rotatable bonds is 5. The number of ether oxygens (including phenoxy) is 2. The van der Waals surface area contributed by atoms with Crippen LogP contribution in [0.2, 0.25) is 5.02 Å². The maximum atomic E-state index is 14.1. The standard InChI is InChI=1S/C18H17ClFNO5/c1-4-5-6-7-15(22)25-14-9-13(11(19)8-12(14)20)21-17(23)16(10(2)3)26-18(21)24/h6-9H,4-5H2,1-3H3. The predicted molar refractivity (Wildman–Crippen MR) is 93.4 cm³/mol. The lowest BCUT2D eigenvalue weighted by molar-refractivity contribution is -0.129. The minimum atomic E-state index is -0.972. The number of carbonyl (C=O) groups is 3. The number of carbonyl (C=O) groups excluding carboxylic acids is 3. The van der Waals surface area contributed by atoms with Gasteiger partial charge in [0, 0.05) is 12.1 Å². The van der Waals surface area contributed by atoms with Gasteiger partial charge >= 0.3 is 18.0 Å². The molecule has 6 nitrogen and oxygen atoms in total. The van der Waals surface area contributed by atoms with Gasteiger partial charge in [-0.05, 0) is 31.9 Å². The second kappa shape index (κ2) is 8.14. The molecular weight excluding hydrogens is 365 g/mol. The molecule has 1 saturated heterocycles. The van der Waals surface area contributed by atoms with Gasteiger partial charge in [-0.25, -0.2) is 18.9 Å². The molecule has 8 heteroatoms. The van der Waals surface area contributed by atoms with Crippen molar-refractivity contribution in [3.8, 4) is 5.75 Å². The van der Waals surface area contributed by atoms with E-state index in [0.29, 0.717) is 16.9 Å². The van der Waals surface area contributed by atoms with E-state index in [0.717, 1.165) is 18.6 Å². The van der Waals surface area contributed by atoms with Crippen LogP contribution in [0.3, 0.4) is 0 Å². The Bertz CT molecular complexity index is 827. The van der Waals surface area contributed by atoms with Gasteiger partial charge in [0.2, 0.25) is 0 Å². The molecule has 0 spiro atoms. The van der Waals surface area contributed by atoms with Gasteiger partial charge in [-0.1, -0.05) is 31.0 Å². The molecule has 138 valence electrons. The highest BCUT2D eigenvalue weighted by Gasteiger charge is 2.40. The Labute approximate surface area is 154 Å². The number of nitrogens with zero attached hydrogens (tertiary/aromatic N) is 1. The predicted octanol–water partition coefficient (Wildman–Crippen LogP) is 4.52. The number of anilines is 1. The molecule has 1 aliphatic rings. The van der Waals surface area contributed by atoms with Crippen LogP contribution in [0.25, 0.3) is 0 Å². The quantitative estimate of drug-likeness (QED) is 0.426. The molecule has 1 aliphatic heterocycles. The maximum absolute atomic E-state index is 14.1. The van der Waals surface area contributed by atoms with E-state index in [-0.39, 0.29) is 16.5 Å². The van der Waals surface area contributed by atoms with E-state index < -0.39 is 29.5 Å². The fourth-order valence-corrected chi connectivity index (χ4v) is 2.38. The SMILES string of the molecule is CCCC=CC(=O)Oc1cc(N2C(=O)OC(=C(C)C)C2=O)c(Cl)cc1F. The summed E-state index contributed by atoms with van der Waals surface area (Å²) in [4.78, 5) is 36.8. The molecule has 0 atom stereocenters. The molecule has 0 bridgehead atoms. The molecule has 1 aromatic rings. The number of unbranched alkanes of at least 4 members (excludes halogenated alkanes) is 1. The Balaban J connectivity index is 2.36. The summed E-state index contributed by atoms with van der Waals surface area (Å²) in [6.07, 6.45) is 3.31. The number of cyclic esters (lactones) is 1. The van der Waals surface area contributed by atoms with Crippen LogP contribution >= 0.6 is 11.6 Å². The molecule has 26 heavy (non-hydrogen) atoms. The number of hydrogen-bond donors (Lipinski definition) is 0. The minimum Gasteiger partial charge on any atom is -0.420 e. The smallest absolute Gasteiger partial charge is 0.420 e. The summed E-state index contributed by atoms with van der Waals surface area (Å²) >= 11 is 5.97. The molecule has 0 aromatic heterocycles. The van der Waals surface area contributed by atoms with Crippen molar-refractivity contribution in [2.24, 2.45) is 0 Å². The fraction of sp³-hybridized carbons (Fsp3) is 0.278. The van der Waals surface area contributed by atoms with E-state index in [4.69, 9.17) is 21.1 Å². The van der Waals surface area contributed by atoms with Gasteiger partial charge in [-0.2, -0.15) is 0 Å². The number of hydrogen-bond acceptors (Lipinski definition) is 5. The van der Waals surface area contributed by atoms with Crippen LogP contribution < -0.4 is 9.64 Å². The van der Waals surface area contributed by atoms with E-state index >= 15 is 0 Å². The molecule has 1 aromatic carbocycles. The first-order valence-corrected chi connectivity index (χ1v) is 8.25. The van der Waals surface area contributed by atoms with Crippen LogP contribution in [-0.2, 0) is 14.3 Å². The van der Waals surface area contributed by atoms with Crippen molar-refractivity contribution in [1.29, 1.82) is 0 Å². The average molecular weight is 382 g/mol. The summed E-state index contributed by atoms with van der Waals surface area (Å²) in [5, 5.41) is -0.205. The largest absolute Gasteiger partial charge is 0.427 e. The van der Waals surface area contributed by atoms with Crippen molar-refractivity contribution in [1.82, 2.24) is 0 Å². The maximum Gasteiger partial charge on any atom is 0.427 e. The van der Waals surface area contributed by atoms with Gasteiger partial charge in [0.25, 0.3) is 0 Å². The van der Waals surface area contributed by atoms with Crippen LogP contribution in [0.1, 0.15) is 33.6 Å². The summed E-state index contributed by atoms with van der Waals surface area (Å²) < 4.78 is 23.9. The van der Waals surface area contributed by atoms with E-state index in [1.54, 1.807) is 19.9 Å². The Morgan fingerprint density at radius 1 is 1.35 bits per heavy atom. The number of benzene rings is 1. The molecule has 0 saturated carbocycles. The van der Waals surface area contributed by atoms with E-state index in [1.165, 1.54) is 6.08 Å². The van der Waals surface area contributed by atoms with Crippen LogP contribution in [0.4, 0.5) is 14.9 Å². The van der Waals surface area contributed by atoms with Crippen LogP contribution in [0, 0.1) is 5.82 Å². The van der Waals surface area contributed by atoms with Gasteiger partial charge < -0.3 is 9.47 Å². The third-order valence-electron chi connectivity index (χ3n) is 3.39. The zero-order valence-corrected chi connectivity index (χ0v) is 15.2. The van der Waals surface area contributed by atoms with Crippen LogP contribution in [0.5, 0.6) is 5.75 Å². The fourth-order valence-electron chi connectivity index (χ4n) is 2.14. The highest BCUT2D eigenvalue weighted by Crippen LogP contribution is 2.36. The average Bonchev–Trinajstić information content (AvgIpc) is 2.85. The zero-order valence-electron chi connectivity index (χ0n) is 14.5. The van der Waals surface area contributed by atoms with Crippen molar-refractivity contribution in [3.63, 3.8) is 0 Å². The van der Waals surface area contributed by atoms with Gasteiger partial charge in [0.05, 0.1) is 10.7 Å². The van der Waals surface area contributed by atoms with Gasteiger partial charge in [-0.3, -0.25) is 4.79 Å². The monoisotopic (exact) mass is 381 g/mol. The van der Waals surface area contributed by atoms with Gasteiger partial charge in [-0.15, -0.1) is 0 Å². The zero-order chi connectivity index (χ0) is 19.4. The second-order valence-electron chi connectivity index (χ2n) is 5.68. The molecule has 1 heterocycles. The molecular formula is C18H17ClFNO5. The number of esters is 1. The summed E-state index contributed by atoms with van der Waals surface area (Å²) in [6.45, 7) is 5.14. The lowest BCUT2D eigenvalue weighted by atomic mass is 10.2. The Morgan fingerprint density at radius 3 is 2.62 bits per heavy atom. The van der Waals surface area contributed by atoms with Crippen LogP contribution in [-0.4, -0.2) is 18.0 Å². The van der Waals surface area contributed by atoms with Crippen molar-refractivity contribution in [2.75, 3.05) is 4.90 Å². The second-order valence-corrected chi connectivity index (χ2v) is 6.09. The van der Waals surface area contributed by atoms with E-state index in [1.807, 2.05) is 6.92 Å². The Morgan fingerprint density at radius 2 is 2.04 bits per heavy atom. The molecule has 1 fully saturated rings. The number of imide groups is 1.